The van der Waals surface area contributed by atoms with Crippen molar-refractivity contribution in [1.29, 1.82) is 0 Å². The highest BCUT2D eigenvalue weighted by atomic mass is 35.5. The molecule has 2 rings (SSSR count). The van der Waals surface area contributed by atoms with Gasteiger partial charge in [0, 0.05) is 17.3 Å². The van der Waals surface area contributed by atoms with E-state index in [-0.39, 0.29) is 5.91 Å². The number of hydrogen-bond acceptors (Lipinski definition) is 2. The number of nitrogens with one attached hydrogen (secondary N) is 2. The fourth-order valence-corrected chi connectivity index (χ4v) is 2.08. The average molecular weight is 289 g/mol. The standard InChI is InChI=1S/C16H17ClN2O/c1-18-11-13-3-2-4-15(9-13)19-16(20)10-12-5-7-14(17)8-6-12/h2-9,18H,10-11H2,1H3,(H,19,20). The van der Waals surface area contributed by atoms with Gasteiger partial charge in [0.2, 0.25) is 5.91 Å². The first-order valence-corrected chi connectivity index (χ1v) is 6.83. The number of halogens is 1. The van der Waals surface area contributed by atoms with Crippen LogP contribution in [0, 0.1) is 0 Å². The van der Waals surface area contributed by atoms with Crippen molar-refractivity contribution in [2.45, 2.75) is 13.0 Å². The van der Waals surface area contributed by atoms with Crippen molar-refractivity contribution in [2.75, 3.05) is 12.4 Å². The van der Waals surface area contributed by atoms with Crippen LogP contribution in [-0.4, -0.2) is 13.0 Å². The third kappa shape index (κ3) is 4.37. The van der Waals surface area contributed by atoms with Crippen molar-refractivity contribution in [3.63, 3.8) is 0 Å². The molecule has 0 atom stereocenters. The minimum atomic E-state index is -0.0334. The van der Waals surface area contributed by atoms with Crippen molar-refractivity contribution >= 4 is 23.2 Å². The normalized spacial score (nSPS) is 10.3. The zero-order chi connectivity index (χ0) is 14.4. The van der Waals surface area contributed by atoms with Crippen LogP contribution in [-0.2, 0) is 17.8 Å². The van der Waals surface area contributed by atoms with Gasteiger partial charge in [-0.05, 0) is 42.4 Å². The van der Waals surface area contributed by atoms with Gasteiger partial charge in [-0.2, -0.15) is 0 Å². The fourth-order valence-electron chi connectivity index (χ4n) is 1.96. The first-order valence-electron chi connectivity index (χ1n) is 6.45. The second-order valence-electron chi connectivity index (χ2n) is 4.58. The molecule has 0 aliphatic carbocycles. The van der Waals surface area contributed by atoms with Crippen LogP contribution >= 0.6 is 11.6 Å². The lowest BCUT2D eigenvalue weighted by atomic mass is 10.1. The molecule has 20 heavy (non-hydrogen) atoms. The SMILES string of the molecule is CNCc1cccc(NC(=O)Cc2ccc(Cl)cc2)c1. The second kappa shape index (κ2) is 7.08. The molecule has 104 valence electrons. The Balaban J connectivity index is 1.97. The van der Waals surface area contributed by atoms with E-state index in [1.807, 2.05) is 43.4 Å². The van der Waals surface area contributed by atoms with Crippen molar-refractivity contribution in [3.8, 4) is 0 Å². The predicted molar refractivity (Wildman–Crippen MR) is 83.0 cm³/mol. The Morgan fingerprint density at radius 3 is 2.55 bits per heavy atom. The van der Waals surface area contributed by atoms with E-state index in [1.165, 1.54) is 0 Å². The van der Waals surface area contributed by atoms with Crippen LogP contribution in [0.4, 0.5) is 5.69 Å². The average Bonchev–Trinajstić information content (AvgIpc) is 2.42. The fraction of sp³-hybridized carbons (Fsp3) is 0.188. The Bertz CT molecular complexity index is 581. The smallest absolute Gasteiger partial charge is 0.228 e. The molecule has 4 heteroatoms. The van der Waals surface area contributed by atoms with Crippen LogP contribution < -0.4 is 10.6 Å². The Hall–Kier alpha value is -1.84. The van der Waals surface area contributed by atoms with Crippen molar-refractivity contribution in [2.24, 2.45) is 0 Å². The van der Waals surface area contributed by atoms with Gasteiger partial charge < -0.3 is 10.6 Å². The maximum atomic E-state index is 12.0. The van der Waals surface area contributed by atoms with Gasteiger partial charge in [-0.1, -0.05) is 35.9 Å². The summed E-state index contributed by atoms with van der Waals surface area (Å²) in [4.78, 5) is 12.0. The van der Waals surface area contributed by atoms with Crippen LogP contribution in [0.15, 0.2) is 48.5 Å². The van der Waals surface area contributed by atoms with Gasteiger partial charge in [0.15, 0.2) is 0 Å². The molecule has 1 amide bonds. The molecule has 0 aliphatic rings. The van der Waals surface area contributed by atoms with Crippen molar-refractivity contribution in [1.82, 2.24) is 5.32 Å². The van der Waals surface area contributed by atoms with Crippen LogP contribution in [0.25, 0.3) is 0 Å². The van der Waals surface area contributed by atoms with Crippen molar-refractivity contribution in [3.05, 3.63) is 64.7 Å². The third-order valence-corrected chi connectivity index (χ3v) is 3.12. The van der Waals surface area contributed by atoms with E-state index in [1.54, 1.807) is 12.1 Å². The molecule has 2 aromatic carbocycles. The lowest BCUT2D eigenvalue weighted by Gasteiger charge is -2.07. The van der Waals surface area contributed by atoms with E-state index < -0.39 is 0 Å². The molecule has 0 saturated heterocycles. The van der Waals surface area contributed by atoms with Gasteiger partial charge >= 0.3 is 0 Å². The minimum Gasteiger partial charge on any atom is -0.326 e. The lowest BCUT2D eigenvalue weighted by Crippen LogP contribution is -2.14. The molecular weight excluding hydrogens is 272 g/mol. The summed E-state index contributed by atoms with van der Waals surface area (Å²) < 4.78 is 0. The monoisotopic (exact) mass is 288 g/mol. The summed E-state index contributed by atoms with van der Waals surface area (Å²) in [6.45, 7) is 0.779. The Morgan fingerprint density at radius 2 is 1.85 bits per heavy atom. The maximum absolute atomic E-state index is 12.0. The van der Waals surface area contributed by atoms with Gasteiger partial charge in [-0.3, -0.25) is 4.79 Å². The Morgan fingerprint density at radius 1 is 1.10 bits per heavy atom. The van der Waals surface area contributed by atoms with Crippen LogP contribution in [0.5, 0.6) is 0 Å². The van der Waals surface area contributed by atoms with Crippen LogP contribution in [0.1, 0.15) is 11.1 Å². The van der Waals surface area contributed by atoms with Crippen LogP contribution in [0.2, 0.25) is 5.02 Å². The Kier molecular flexibility index (Phi) is 5.16. The van der Waals surface area contributed by atoms with E-state index in [2.05, 4.69) is 10.6 Å². The zero-order valence-corrected chi connectivity index (χ0v) is 12.1. The number of hydrogen-bond donors (Lipinski definition) is 2. The second-order valence-corrected chi connectivity index (χ2v) is 5.02. The van der Waals surface area contributed by atoms with Crippen molar-refractivity contribution < 1.29 is 4.79 Å². The summed E-state index contributed by atoms with van der Waals surface area (Å²) in [6.07, 6.45) is 0.341. The van der Waals surface area contributed by atoms with Crippen LogP contribution in [0.3, 0.4) is 0 Å². The molecule has 0 aliphatic heterocycles. The topological polar surface area (TPSA) is 41.1 Å². The summed E-state index contributed by atoms with van der Waals surface area (Å²) in [6, 6.07) is 15.1. The molecule has 0 spiro atoms. The number of anilines is 1. The minimum absolute atomic E-state index is 0.0334. The summed E-state index contributed by atoms with van der Waals surface area (Å²) in [5.41, 5.74) is 2.90. The quantitative estimate of drug-likeness (QED) is 0.887. The zero-order valence-electron chi connectivity index (χ0n) is 11.3. The molecule has 0 radical (unpaired) electrons. The van der Waals surface area contributed by atoms with Gasteiger partial charge in [-0.25, -0.2) is 0 Å². The van der Waals surface area contributed by atoms with E-state index >= 15 is 0 Å². The molecule has 0 bridgehead atoms. The van der Waals surface area contributed by atoms with Gasteiger partial charge in [0.05, 0.1) is 6.42 Å². The van der Waals surface area contributed by atoms with E-state index in [4.69, 9.17) is 11.6 Å². The highest BCUT2D eigenvalue weighted by Gasteiger charge is 2.04. The summed E-state index contributed by atoms with van der Waals surface area (Å²) in [5.74, 6) is -0.0334. The number of carbonyl (C=O) groups is 1. The molecule has 0 heterocycles. The summed E-state index contributed by atoms with van der Waals surface area (Å²) in [5, 5.41) is 6.66. The van der Waals surface area contributed by atoms with Gasteiger partial charge in [0.1, 0.15) is 0 Å². The van der Waals surface area contributed by atoms with E-state index in [0.717, 1.165) is 23.4 Å². The number of benzene rings is 2. The first kappa shape index (κ1) is 14.6. The molecule has 0 fully saturated rings. The summed E-state index contributed by atoms with van der Waals surface area (Å²) in [7, 11) is 1.89. The molecule has 2 aromatic rings. The van der Waals surface area contributed by atoms with E-state index in [9.17, 15) is 4.79 Å². The molecular formula is C16H17ClN2O. The molecule has 3 nitrogen and oxygen atoms in total. The number of carbonyl (C=O) groups excluding carboxylic acids is 1. The van der Waals surface area contributed by atoms with Gasteiger partial charge in [-0.15, -0.1) is 0 Å². The molecule has 0 unspecified atom stereocenters. The molecule has 2 N–H and O–H groups in total. The highest BCUT2D eigenvalue weighted by Crippen LogP contribution is 2.13. The number of amides is 1. The van der Waals surface area contributed by atoms with E-state index in [0.29, 0.717) is 11.4 Å². The maximum Gasteiger partial charge on any atom is 0.228 e. The predicted octanol–water partition coefficient (Wildman–Crippen LogP) is 3.24. The largest absolute Gasteiger partial charge is 0.326 e. The molecule has 0 saturated carbocycles. The first-order chi connectivity index (χ1) is 9.67. The Labute approximate surface area is 124 Å². The summed E-state index contributed by atoms with van der Waals surface area (Å²) >= 11 is 5.82. The third-order valence-electron chi connectivity index (χ3n) is 2.87. The molecule has 0 aromatic heterocycles. The highest BCUT2D eigenvalue weighted by molar-refractivity contribution is 6.30. The number of rotatable bonds is 5. The van der Waals surface area contributed by atoms with Gasteiger partial charge in [0.25, 0.3) is 0 Å². The lowest BCUT2D eigenvalue weighted by molar-refractivity contribution is -0.115.